The fraction of sp³-hybridized carbons (Fsp3) is 0.833. The smallest absolute Gasteiger partial charge is 0.160 e. The number of aliphatic hydroxyl groups is 2. The summed E-state index contributed by atoms with van der Waals surface area (Å²) in [5.74, 6) is -0.385. The minimum Gasteiger partial charge on any atom is -0.390 e. The van der Waals surface area contributed by atoms with E-state index >= 15 is 0 Å². The summed E-state index contributed by atoms with van der Waals surface area (Å²) in [4.78, 5) is 10.3. The van der Waals surface area contributed by atoms with E-state index < -0.39 is 12.2 Å². The van der Waals surface area contributed by atoms with E-state index in [0.717, 1.165) is 0 Å². The van der Waals surface area contributed by atoms with Crippen molar-refractivity contribution in [1.29, 1.82) is 0 Å². The summed E-state index contributed by atoms with van der Waals surface area (Å²) in [5, 5.41) is 17.6. The lowest BCUT2D eigenvalue weighted by Gasteiger charge is -2.11. The van der Waals surface area contributed by atoms with E-state index in [0.29, 0.717) is 6.42 Å². The average molecular weight is 132 g/mol. The number of carbonyl (C=O) groups excluding carboxylic acids is 1. The molecule has 0 bridgehead atoms. The van der Waals surface area contributed by atoms with Gasteiger partial charge >= 0.3 is 0 Å². The van der Waals surface area contributed by atoms with Crippen LogP contribution in [0.3, 0.4) is 0 Å². The van der Waals surface area contributed by atoms with E-state index in [1.54, 1.807) is 6.92 Å². The van der Waals surface area contributed by atoms with Gasteiger partial charge in [-0.2, -0.15) is 0 Å². The van der Waals surface area contributed by atoms with E-state index in [-0.39, 0.29) is 5.78 Å². The van der Waals surface area contributed by atoms with E-state index in [1.807, 2.05) is 0 Å². The molecule has 0 radical (unpaired) electrons. The molecule has 0 aromatic rings. The molecule has 0 aliphatic heterocycles. The molecule has 0 aromatic heterocycles. The number of Topliss-reactive ketones (excluding diaryl/α,β-unsaturated/α-hetero) is 1. The summed E-state index contributed by atoms with van der Waals surface area (Å²) in [6.07, 6.45) is -1.70. The number of carbonyl (C=O) groups is 1. The van der Waals surface area contributed by atoms with Gasteiger partial charge in [-0.05, 0) is 13.3 Å². The van der Waals surface area contributed by atoms with Crippen LogP contribution in [0.25, 0.3) is 0 Å². The molecule has 0 aliphatic rings. The van der Waals surface area contributed by atoms with Gasteiger partial charge in [-0.3, -0.25) is 4.79 Å². The molecule has 0 fully saturated rings. The van der Waals surface area contributed by atoms with Crippen LogP contribution in [0.2, 0.25) is 0 Å². The number of ketones is 1. The first-order valence-electron chi connectivity index (χ1n) is 2.96. The molecule has 0 saturated heterocycles. The van der Waals surface area contributed by atoms with Crippen molar-refractivity contribution >= 4 is 5.78 Å². The summed E-state index contributed by atoms with van der Waals surface area (Å²) in [7, 11) is 0. The third-order valence-corrected chi connectivity index (χ3v) is 1.20. The maximum absolute atomic E-state index is 10.3. The normalized spacial score (nSPS) is 16.9. The Morgan fingerprint density at radius 1 is 1.56 bits per heavy atom. The van der Waals surface area contributed by atoms with Crippen LogP contribution in [0.15, 0.2) is 0 Å². The molecule has 3 heteroatoms. The van der Waals surface area contributed by atoms with Gasteiger partial charge in [-0.1, -0.05) is 6.92 Å². The molecule has 2 N–H and O–H groups in total. The SMILES string of the molecule is CCC(O)C(O)C(C)=O. The molecule has 0 rings (SSSR count). The Bertz CT molecular complexity index is 100. The molecular weight excluding hydrogens is 120 g/mol. The van der Waals surface area contributed by atoms with Gasteiger partial charge < -0.3 is 10.2 Å². The lowest BCUT2D eigenvalue weighted by molar-refractivity contribution is -0.130. The third-order valence-electron chi connectivity index (χ3n) is 1.20. The lowest BCUT2D eigenvalue weighted by atomic mass is 10.1. The predicted molar refractivity (Wildman–Crippen MR) is 33.0 cm³/mol. The van der Waals surface area contributed by atoms with Crippen LogP contribution in [0.1, 0.15) is 20.3 Å². The Hall–Kier alpha value is -0.410. The van der Waals surface area contributed by atoms with Crippen LogP contribution in [0, 0.1) is 0 Å². The van der Waals surface area contributed by atoms with Crippen LogP contribution in [-0.4, -0.2) is 28.2 Å². The van der Waals surface area contributed by atoms with Crippen LogP contribution in [0.5, 0.6) is 0 Å². The highest BCUT2D eigenvalue weighted by Crippen LogP contribution is 1.98. The average Bonchev–Trinajstić information content (AvgIpc) is 1.84. The Kier molecular flexibility index (Phi) is 3.42. The molecule has 0 heterocycles. The predicted octanol–water partition coefficient (Wildman–Crippen LogP) is -0.293. The van der Waals surface area contributed by atoms with Crippen molar-refractivity contribution in [2.45, 2.75) is 32.5 Å². The molecule has 54 valence electrons. The summed E-state index contributed by atoms with van der Waals surface area (Å²) in [5.41, 5.74) is 0. The zero-order valence-corrected chi connectivity index (χ0v) is 5.66. The molecule has 0 spiro atoms. The fourth-order valence-electron chi connectivity index (χ4n) is 0.494. The highest BCUT2D eigenvalue weighted by Gasteiger charge is 2.17. The quantitative estimate of drug-likeness (QED) is 0.554. The summed E-state index contributed by atoms with van der Waals surface area (Å²) in [6.45, 7) is 2.96. The second kappa shape index (κ2) is 3.58. The van der Waals surface area contributed by atoms with Gasteiger partial charge in [-0.15, -0.1) is 0 Å². The van der Waals surface area contributed by atoms with Gasteiger partial charge in [0.1, 0.15) is 6.10 Å². The monoisotopic (exact) mass is 132 g/mol. The summed E-state index contributed by atoms with van der Waals surface area (Å²) >= 11 is 0. The maximum Gasteiger partial charge on any atom is 0.160 e. The summed E-state index contributed by atoms with van der Waals surface area (Å²) in [6, 6.07) is 0. The van der Waals surface area contributed by atoms with Gasteiger partial charge in [0.15, 0.2) is 5.78 Å². The van der Waals surface area contributed by atoms with E-state index in [2.05, 4.69) is 0 Å². The highest BCUT2D eigenvalue weighted by atomic mass is 16.3. The molecule has 9 heavy (non-hydrogen) atoms. The van der Waals surface area contributed by atoms with E-state index in [4.69, 9.17) is 10.2 Å². The van der Waals surface area contributed by atoms with E-state index in [9.17, 15) is 4.79 Å². The van der Waals surface area contributed by atoms with Crippen LogP contribution in [0.4, 0.5) is 0 Å². The Balaban J connectivity index is 3.72. The minimum atomic E-state index is -1.20. The zero-order valence-electron chi connectivity index (χ0n) is 5.66. The number of hydrogen-bond donors (Lipinski definition) is 2. The van der Waals surface area contributed by atoms with Gasteiger partial charge in [0.25, 0.3) is 0 Å². The molecule has 0 amide bonds. The first-order chi connectivity index (χ1) is 4.09. The maximum atomic E-state index is 10.3. The Morgan fingerprint density at radius 2 is 2.00 bits per heavy atom. The van der Waals surface area contributed by atoms with Crippen molar-refractivity contribution in [2.24, 2.45) is 0 Å². The molecule has 0 saturated carbocycles. The second-order valence-corrected chi connectivity index (χ2v) is 2.03. The third kappa shape index (κ3) is 2.58. The van der Waals surface area contributed by atoms with Gasteiger partial charge in [0.05, 0.1) is 6.10 Å². The number of hydrogen-bond acceptors (Lipinski definition) is 3. The molecule has 0 aromatic carbocycles. The summed E-state index contributed by atoms with van der Waals surface area (Å²) < 4.78 is 0. The first-order valence-corrected chi connectivity index (χ1v) is 2.96. The van der Waals surface area contributed by atoms with Crippen molar-refractivity contribution in [3.8, 4) is 0 Å². The zero-order chi connectivity index (χ0) is 7.44. The fourth-order valence-corrected chi connectivity index (χ4v) is 0.494. The number of rotatable bonds is 3. The highest BCUT2D eigenvalue weighted by molar-refractivity contribution is 5.80. The number of aliphatic hydroxyl groups excluding tert-OH is 2. The largest absolute Gasteiger partial charge is 0.390 e. The molecule has 2 unspecified atom stereocenters. The Labute approximate surface area is 54.3 Å². The van der Waals surface area contributed by atoms with Crippen LogP contribution >= 0.6 is 0 Å². The van der Waals surface area contributed by atoms with Crippen molar-refractivity contribution in [2.75, 3.05) is 0 Å². The second-order valence-electron chi connectivity index (χ2n) is 2.03. The first kappa shape index (κ1) is 8.59. The van der Waals surface area contributed by atoms with Gasteiger partial charge in [0.2, 0.25) is 0 Å². The van der Waals surface area contributed by atoms with Crippen molar-refractivity contribution in [3.63, 3.8) is 0 Å². The van der Waals surface area contributed by atoms with Crippen molar-refractivity contribution in [1.82, 2.24) is 0 Å². The minimum absolute atomic E-state index is 0.385. The molecule has 2 atom stereocenters. The van der Waals surface area contributed by atoms with Crippen LogP contribution < -0.4 is 0 Å². The van der Waals surface area contributed by atoms with Crippen molar-refractivity contribution < 1.29 is 15.0 Å². The molecular formula is C6H12O3. The van der Waals surface area contributed by atoms with Gasteiger partial charge in [-0.25, -0.2) is 0 Å². The topological polar surface area (TPSA) is 57.5 Å². The standard InChI is InChI=1S/C6H12O3/c1-3-5(8)6(9)4(2)7/h5-6,8-9H,3H2,1-2H3. The Morgan fingerprint density at radius 3 is 2.11 bits per heavy atom. The molecule has 3 nitrogen and oxygen atoms in total. The van der Waals surface area contributed by atoms with E-state index in [1.165, 1.54) is 6.92 Å². The lowest BCUT2D eigenvalue weighted by Crippen LogP contribution is -2.31. The van der Waals surface area contributed by atoms with Crippen molar-refractivity contribution in [3.05, 3.63) is 0 Å². The molecule has 0 aliphatic carbocycles. The van der Waals surface area contributed by atoms with Gasteiger partial charge in [0, 0.05) is 0 Å². The van der Waals surface area contributed by atoms with Crippen LogP contribution in [-0.2, 0) is 4.79 Å².